The highest BCUT2D eigenvalue weighted by Gasteiger charge is 2.22. The van der Waals surface area contributed by atoms with Crippen molar-refractivity contribution in [3.63, 3.8) is 0 Å². The Kier molecular flexibility index (Phi) is 4.09. The van der Waals surface area contributed by atoms with Crippen molar-refractivity contribution in [2.45, 2.75) is 32.3 Å². The number of aromatic nitrogens is 4. The molecule has 7 nitrogen and oxygen atoms in total. The molecular formula is C14H17N5O2. The molecule has 7 heteroatoms. The number of carbonyl (C=O) groups is 1. The van der Waals surface area contributed by atoms with Crippen LogP contribution in [0.4, 0.5) is 5.69 Å². The third-order valence-corrected chi connectivity index (χ3v) is 3.60. The minimum Gasteiger partial charge on any atom is -0.485 e. The number of hydrogen-bond donors (Lipinski definition) is 2. The van der Waals surface area contributed by atoms with Crippen LogP contribution >= 0.6 is 0 Å². The van der Waals surface area contributed by atoms with Crippen LogP contribution in [-0.4, -0.2) is 26.5 Å². The van der Waals surface area contributed by atoms with Crippen molar-refractivity contribution in [3.05, 3.63) is 30.1 Å². The van der Waals surface area contributed by atoms with E-state index >= 15 is 0 Å². The summed E-state index contributed by atoms with van der Waals surface area (Å²) in [6, 6.07) is 7.28. The standard InChI is InChI=1S/C14H17N5O2/c20-14(10-3-1-2-4-10)15-11-5-7-12(8-6-11)21-9-13-16-18-19-17-13/h5-8,10H,1-4,9H2,(H,15,20)(H,16,17,18,19). The lowest BCUT2D eigenvalue weighted by Gasteiger charge is -2.11. The molecule has 0 saturated heterocycles. The summed E-state index contributed by atoms with van der Waals surface area (Å²) in [5, 5.41) is 16.4. The SMILES string of the molecule is O=C(Nc1ccc(OCc2nn[nH]n2)cc1)C1CCCC1. The molecule has 21 heavy (non-hydrogen) atoms. The van der Waals surface area contributed by atoms with Crippen LogP contribution in [0.2, 0.25) is 0 Å². The first-order chi connectivity index (χ1) is 10.3. The van der Waals surface area contributed by atoms with Gasteiger partial charge in [-0.25, -0.2) is 0 Å². The molecule has 0 spiro atoms. The molecule has 3 rings (SSSR count). The van der Waals surface area contributed by atoms with Crippen LogP contribution in [0.5, 0.6) is 5.75 Å². The van der Waals surface area contributed by atoms with Gasteiger partial charge in [-0.3, -0.25) is 4.79 Å². The molecule has 0 bridgehead atoms. The second-order valence-corrected chi connectivity index (χ2v) is 5.11. The zero-order valence-electron chi connectivity index (χ0n) is 11.6. The maximum atomic E-state index is 12.0. The molecule has 1 heterocycles. The number of aromatic amines is 1. The number of nitrogens with zero attached hydrogens (tertiary/aromatic N) is 3. The number of nitrogens with one attached hydrogen (secondary N) is 2. The van der Waals surface area contributed by atoms with E-state index in [2.05, 4.69) is 25.9 Å². The number of anilines is 1. The molecule has 1 aliphatic rings. The number of H-pyrrole nitrogens is 1. The highest BCUT2D eigenvalue weighted by molar-refractivity contribution is 5.92. The second kappa shape index (κ2) is 6.34. The second-order valence-electron chi connectivity index (χ2n) is 5.11. The Bertz CT molecular complexity index is 576. The third-order valence-electron chi connectivity index (χ3n) is 3.60. The maximum Gasteiger partial charge on any atom is 0.227 e. The monoisotopic (exact) mass is 287 g/mol. The number of tetrazole rings is 1. The number of carbonyl (C=O) groups excluding carboxylic acids is 1. The Morgan fingerprint density at radius 3 is 2.71 bits per heavy atom. The summed E-state index contributed by atoms with van der Waals surface area (Å²) < 4.78 is 5.51. The van der Waals surface area contributed by atoms with E-state index in [9.17, 15) is 4.79 Å². The lowest BCUT2D eigenvalue weighted by molar-refractivity contribution is -0.119. The van der Waals surface area contributed by atoms with Gasteiger partial charge in [-0.15, -0.1) is 10.2 Å². The average Bonchev–Trinajstić information content (AvgIpc) is 3.20. The van der Waals surface area contributed by atoms with Crippen LogP contribution in [0, 0.1) is 5.92 Å². The first-order valence-corrected chi connectivity index (χ1v) is 7.07. The molecule has 1 saturated carbocycles. The highest BCUT2D eigenvalue weighted by Crippen LogP contribution is 2.26. The van der Waals surface area contributed by atoms with Crippen molar-refractivity contribution in [2.24, 2.45) is 5.92 Å². The van der Waals surface area contributed by atoms with Crippen molar-refractivity contribution in [3.8, 4) is 5.75 Å². The number of hydrogen-bond acceptors (Lipinski definition) is 5. The van der Waals surface area contributed by atoms with Gasteiger partial charge in [0.05, 0.1) is 0 Å². The molecule has 1 fully saturated rings. The number of benzene rings is 1. The molecule has 2 N–H and O–H groups in total. The van der Waals surface area contributed by atoms with Gasteiger partial charge in [-0.2, -0.15) is 5.21 Å². The Hall–Kier alpha value is -2.44. The first kappa shape index (κ1) is 13.5. The average molecular weight is 287 g/mol. The van der Waals surface area contributed by atoms with Crippen molar-refractivity contribution < 1.29 is 9.53 Å². The summed E-state index contributed by atoms with van der Waals surface area (Å²) in [6.07, 6.45) is 4.30. The molecule has 110 valence electrons. The first-order valence-electron chi connectivity index (χ1n) is 7.07. The van der Waals surface area contributed by atoms with E-state index in [1.807, 2.05) is 24.3 Å². The van der Waals surface area contributed by atoms with Gasteiger partial charge in [-0.1, -0.05) is 18.1 Å². The van der Waals surface area contributed by atoms with E-state index < -0.39 is 0 Å². The minimum absolute atomic E-state index is 0.118. The van der Waals surface area contributed by atoms with Crippen molar-refractivity contribution in [1.29, 1.82) is 0 Å². The molecule has 1 amide bonds. The number of rotatable bonds is 5. The van der Waals surface area contributed by atoms with Crippen LogP contribution in [0.3, 0.4) is 0 Å². The Morgan fingerprint density at radius 2 is 2.05 bits per heavy atom. The molecule has 1 aromatic heterocycles. The zero-order valence-corrected chi connectivity index (χ0v) is 11.6. The number of ether oxygens (including phenoxy) is 1. The molecular weight excluding hydrogens is 270 g/mol. The fraction of sp³-hybridized carbons (Fsp3) is 0.429. The predicted molar refractivity (Wildman–Crippen MR) is 75.5 cm³/mol. The highest BCUT2D eigenvalue weighted by atomic mass is 16.5. The minimum atomic E-state index is 0.118. The lowest BCUT2D eigenvalue weighted by Crippen LogP contribution is -2.20. The largest absolute Gasteiger partial charge is 0.485 e. The van der Waals surface area contributed by atoms with Gasteiger partial charge >= 0.3 is 0 Å². The van der Waals surface area contributed by atoms with Crippen LogP contribution in [0.15, 0.2) is 24.3 Å². The normalized spacial score (nSPS) is 15.0. The fourth-order valence-electron chi connectivity index (χ4n) is 2.46. The molecule has 1 aromatic carbocycles. The lowest BCUT2D eigenvalue weighted by atomic mass is 10.1. The van der Waals surface area contributed by atoms with Crippen LogP contribution in [0.1, 0.15) is 31.5 Å². The van der Waals surface area contributed by atoms with Crippen LogP contribution in [0.25, 0.3) is 0 Å². The van der Waals surface area contributed by atoms with E-state index in [1.165, 1.54) is 0 Å². The number of amides is 1. The summed E-state index contributed by atoms with van der Waals surface area (Å²) in [5.74, 6) is 1.47. The van der Waals surface area contributed by atoms with Gasteiger partial charge < -0.3 is 10.1 Å². The summed E-state index contributed by atoms with van der Waals surface area (Å²) in [6.45, 7) is 0.254. The van der Waals surface area contributed by atoms with Crippen molar-refractivity contribution in [2.75, 3.05) is 5.32 Å². The molecule has 0 atom stereocenters. The van der Waals surface area contributed by atoms with Crippen molar-refractivity contribution in [1.82, 2.24) is 20.6 Å². The zero-order chi connectivity index (χ0) is 14.5. The molecule has 1 aliphatic carbocycles. The van der Waals surface area contributed by atoms with Gasteiger partial charge in [0, 0.05) is 11.6 Å². The van der Waals surface area contributed by atoms with Crippen LogP contribution < -0.4 is 10.1 Å². The van der Waals surface area contributed by atoms with Gasteiger partial charge in [0.2, 0.25) is 11.7 Å². The summed E-state index contributed by atoms with van der Waals surface area (Å²) in [5.41, 5.74) is 0.791. The maximum absolute atomic E-state index is 12.0. The molecule has 0 radical (unpaired) electrons. The smallest absolute Gasteiger partial charge is 0.227 e. The molecule has 0 unspecified atom stereocenters. The Balaban J connectivity index is 1.52. The van der Waals surface area contributed by atoms with E-state index in [0.29, 0.717) is 11.6 Å². The Labute approximate surface area is 122 Å². The molecule has 0 aliphatic heterocycles. The van der Waals surface area contributed by atoms with Crippen LogP contribution in [-0.2, 0) is 11.4 Å². The predicted octanol–water partition coefficient (Wildman–Crippen LogP) is 1.91. The van der Waals surface area contributed by atoms with E-state index in [0.717, 1.165) is 31.4 Å². The van der Waals surface area contributed by atoms with Gasteiger partial charge in [0.1, 0.15) is 5.75 Å². The topological polar surface area (TPSA) is 92.8 Å². The van der Waals surface area contributed by atoms with Crippen molar-refractivity contribution >= 4 is 11.6 Å². The molecule has 2 aromatic rings. The van der Waals surface area contributed by atoms with E-state index in [1.54, 1.807) is 0 Å². The summed E-state index contributed by atoms with van der Waals surface area (Å²) in [7, 11) is 0. The van der Waals surface area contributed by atoms with Gasteiger partial charge in [-0.05, 0) is 37.1 Å². The Morgan fingerprint density at radius 1 is 1.29 bits per heavy atom. The summed E-state index contributed by atoms with van der Waals surface area (Å²) in [4.78, 5) is 12.0. The fourth-order valence-corrected chi connectivity index (χ4v) is 2.46. The summed E-state index contributed by atoms with van der Waals surface area (Å²) >= 11 is 0. The van der Waals surface area contributed by atoms with E-state index in [4.69, 9.17) is 4.74 Å². The van der Waals surface area contributed by atoms with Gasteiger partial charge in [0.15, 0.2) is 6.61 Å². The van der Waals surface area contributed by atoms with Gasteiger partial charge in [0.25, 0.3) is 0 Å². The quantitative estimate of drug-likeness (QED) is 0.876. The van der Waals surface area contributed by atoms with E-state index in [-0.39, 0.29) is 18.4 Å². The third kappa shape index (κ3) is 3.56.